The standard InChI is InChI=1S/C14H20ClNO3/c1-10(2)13(14(18)16-7-4-8-17)19-12-6-3-5-11(15)9-12/h3,5-6,9-10,13,17H,4,7-8H2,1-2H3,(H,16,18). The maximum Gasteiger partial charge on any atom is 0.261 e. The van der Waals surface area contributed by atoms with Gasteiger partial charge in [0.15, 0.2) is 6.10 Å². The van der Waals surface area contributed by atoms with Gasteiger partial charge in [-0.05, 0) is 30.5 Å². The monoisotopic (exact) mass is 285 g/mol. The largest absolute Gasteiger partial charge is 0.480 e. The molecule has 1 unspecified atom stereocenters. The van der Waals surface area contributed by atoms with Gasteiger partial charge in [-0.1, -0.05) is 31.5 Å². The molecule has 0 aliphatic rings. The lowest BCUT2D eigenvalue weighted by atomic mass is 10.1. The summed E-state index contributed by atoms with van der Waals surface area (Å²) in [5, 5.41) is 12.0. The minimum atomic E-state index is -0.572. The highest BCUT2D eigenvalue weighted by Gasteiger charge is 2.23. The molecular weight excluding hydrogens is 266 g/mol. The number of hydrogen-bond acceptors (Lipinski definition) is 3. The minimum absolute atomic E-state index is 0.0353. The number of hydrogen-bond donors (Lipinski definition) is 2. The van der Waals surface area contributed by atoms with Crippen LogP contribution in [0.25, 0.3) is 0 Å². The average molecular weight is 286 g/mol. The fourth-order valence-electron chi connectivity index (χ4n) is 1.57. The van der Waals surface area contributed by atoms with E-state index >= 15 is 0 Å². The third-order valence-electron chi connectivity index (χ3n) is 2.56. The number of halogens is 1. The van der Waals surface area contributed by atoms with E-state index in [0.29, 0.717) is 23.7 Å². The normalized spacial score (nSPS) is 12.3. The van der Waals surface area contributed by atoms with Gasteiger partial charge in [0, 0.05) is 18.2 Å². The Morgan fingerprint density at radius 3 is 2.79 bits per heavy atom. The Balaban J connectivity index is 2.64. The summed E-state index contributed by atoms with van der Waals surface area (Å²) in [7, 11) is 0. The summed E-state index contributed by atoms with van der Waals surface area (Å²) in [6, 6.07) is 6.97. The van der Waals surface area contributed by atoms with Crippen molar-refractivity contribution >= 4 is 17.5 Å². The first-order valence-electron chi connectivity index (χ1n) is 6.35. The SMILES string of the molecule is CC(C)C(Oc1cccc(Cl)c1)C(=O)NCCCO. The molecule has 1 aromatic carbocycles. The van der Waals surface area contributed by atoms with E-state index < -0.39 is 6.10 Å². The molecular formula is C14H20ClNO3. The van der Waals surface area contributed by atoms with E-state index in [1.807, 2.05) is 13.8 Å². The van der Waals surface area contributed by atoms with Crippen LogP contribution < -0.4 is 10.1 Å². The number of aliphatic hydroxyl groups excluding tert-OH is 1. The van der Waals surface area contributed by atoms with Crippen molar-refractivity contribution in [1.82, 2.24) is 5.32 Å². The third-order valence-corrected chi connectivity index (χ3v) is 2.79. The van der Waals surface area contributed by atoms with Gasteiger partial charge in [-0.2, -0.15) is 0 Å². The lowest BCUT2D eigenvalue weighted by Crippen LogP contribution is -2.42. The summed E-state index contributed by atoms with van der Waals surface area (Å²) < 4.78 is 5.69. The van der Waals surface area contributed by atoms with Crippen molar-refractivity contribution in [3.63, 3.8) is 0 Å². The van der Waals surface area contributed by atoms with E-state index in [-0.39, 0.29) is 18.4 Å². The molecule has 0 fully saturated rings. The highest BCUT2D eigenvalue weighted by Crippen LogP contribution is 2.20. The van der Waals surface area contributed by atoms with Gasteiger partial charge >= 0.3 is 0 Å². The van der Waals surface area contributed by atoms with Crippen molar-refractivity contribution < 1.29 is 14.6 Å². The number of benzene rings is 1. The molecule has 1 amide bonds. The van der Waals surface area contributed by atoms with Crippen LogP contribution in [0.2, 0.25) is 5.02 Å². The molecule has 0 aliphatic heterocycles. The number of carbonyl (C=O) groups is 1. The predicted octanol–water partition coefficient (Wildman–Crippen LogP) is 2.24. The number of amides is 1. The van der Waals surface area contributed by atoms with Gasteiger partial charge in [0.25, 0.3) is 5.91 Å². The summed E-state index contributed by atoms with van der Waals surface area (Å²) in [6.07, 6.45) is -0.0366. The second-order valence-electron chi connectivity index (χ2n) is 4.61. The number of carbonyl (C=O) groups excluding carboxylic acids is 1. The second-order valence-corrected chi connectivity index (χ2v) is 5.04. The molecule has 1 atom stereocenters. The first kappa shape index (κ1) is 15.8. The predicted molar refractivity (Wildman–Crippen MR) is 75.4 cm³/mol. The molecule has 106 valence electrons. The van der Waals surface area contributed by atoms with Crippen LogP contribution in [0.5, 0.6) is 5.75 Å². The van der Waals surface area contributed by atoms with Gasteiger partial charge in [-0.3, -0.25) is 4.79 Å². The Labute approximate surface area is 118 Å². The molecule has 0 spiro atoms. The molecule has 1 aromatic rings. The minimum Gasteiger partial charge on any atom is -0.480 e. The van der Waals surface area contributed by atoms with Gasteiger partial charge < -0.3 is 15.2 Å². The molecule has 0 saturated heterocycles. The first-order valence-corrected chi connectivity index (χ1v) is 6.73. The van der Waals surface area contributed by atoms with Crippen molar-refractivity contribution in [3.05, 3.63) is 29.3 Å². The number of rotatable bonds is 7. The molecule has 5 heteroatoms. The number of nitrogens with one attached hydrogen (secondary N) is 1. The van der Waals surface area contributed by atoms with Crippen LogP contribution in [-0.4, -0.2) is 30.3 Å². The molecule has 19 heavy (non-hydrogen) atoms. The Morgan fingerprint density at radius 1 is 1.47 bits per heavy atom. The molecule has 0 bridgehead atoms. The Hall–Kier alpha value is -1.26. The van der Waals surface area contributed by atoms with Crippen LogP contribution >= 0.6 is 11.6 Å². The summed E-state index contributed by atoms with van der Waals surface area (Å²) in [5.41, 5.74) is 0. The average Bonchev–Trinajstić information content (AvgIpc) is 2.36. The Kier molecular flexibility index (Phi) is 6.67. The van der Waals surface area contributed by atoms with Gasteiger partial charge in [0.2, 0.25) is 0 Å². The fourth-order valence-corrected chi connectivity index (χ4v) is 1.75. The quantitative estimate of drug-likeness (QED) is 0.756. The van der Waals surface area contributed by atoms with E-state index in [1.165, 1.54) is 0 Å². The van der Waals surface area contributed by atoms with Crippen molar-refractivity contribution in [2.45, 2.75) is 26.4 Å². The Bertz CT molecular complexity index is 409. The van der Waals surface area contributed by atoms with Gasteiger partial charge in [-0.25, -0.2) is 0 Å². The molecule has 1 rings (SSSR count). The molecule has 0 aliphatic carbocycles. The summed E-state index contributed by atoms with van der Waals surface area (Å²) >= 11 is 5.88. The Morgan fingerprint density at radius 2 is 2.21 bits per heavy atom. The van der Waals surface area contributed by atoms with E-state index in [1.54, 1.807) is 24.3 Å². The van der Waals surface area contributed by atoms with Crippen molar-refractivity contribution in [3.8, 4) is 5.75 Å². The van der Waals surface area contributed by atoms with Gasteiger partial charge in [0.05, 0.1) is 0 Å². The van der Waals surface area contributed by atoms with Crippen LogP contribution in [0.4, 0.5) is 0 Å². The van der Waals surface area contributed by atoms with Crippen molar-refractivity contribution in [2.24, 2.45) is 5.92 Å². The van der Waals surface area contributed by atoms with Crippen LogP contribution in [0, 0.1) is 5.92 Å². The summed E-state index contributed by atoms with van der Waals surface area (Å²) in [6.45, 7) is 4.33. The smallest absolute Gasteiger partial charge is 0.261 e. The van der Waals surface area contributed by atoms with Crippen LogP contribution in [0.3, 0.4) is 0 Å². The summed E-state index contributed by atoms with van der Waals surface area (Å²) in [4.78, 5) is 12.0. The number of aliphatic hydroxyl groups is 1. The van der Waals surface area contributed by atoms with Gasteiger partial charge in [-0.15, -0.1) is 0 Å². The van der Waals surface area contributed by atoms with Crippen molar-refractivity contribution in [2.75, 3.05) is 13.2 Å². The van der Waals surface area contributed by atoms with E-state index in [9.17, 15) is 4.79 Å². The molecule has 0 saturated carbocycles. The van der Waals surface area contributed by atoms with E-state index in [0.717, 1.165) is 0 Å². The maximum atomic E-state index is 12.0. The van der Waals surface area contributed by atoms with Crippen LogP contribution in [0.15, 0.2) is 24.3 Å². The maximum absolute atomic E-state index is 12.0. The molecule has 4 nitrogen and oxygen atoms in total. The van der Waals surface area contributed by atoms with Gasteiger partial charge in [0.1, 0.15) is 5.75 Å². The van der Waals surface area contributed by atoms with Crippen molar-refractivity contribution in [1.29, 1.82) is 0 Å². The van der Waals surface area contributed by atoms with Crippen LogP contribution in [-0.2, 0) is 4.79 Å². The van der Waals surface area contributed by atoms with E-state index in [2.05, 4.69) is 5.32 Å². The lowest BCUT2D eigenvalue weighted by molar-refractivity contribution is -0.129. The zero-order chi connectivity index (χ0) is 14.3. The highest BCUT2D eigenvalue weighted by molar-refractivity contribution is 6.30. The molecule has 0 radical (unpaired) electrons. The van der Waals surface area contributed by atoms with Crippen LogP contribution in [0.1, 0.15) is 20.3 Å². The number of ether oxygens (including phenoxy) is 1. The zero-order valence-electron chi connectivity index (χ0n) is 11.2. The third kappa shape index (κ3) is 5.49. The topological polar surface area (TPSA) is 58.6 Å². The highest BCUT2D eigenvalue weighted by atomic mass is 35.5. The first-order chi connectivity index (χ1) is 9.04. The summed E-state index contributed by atoms with van der Waals surface area (Å²) in [5.74, 6) is 0.431. The van der Waals surface area contributed by atoms with E-state index in [4.69, 9.17) is 21.4 Å². The lowest BCUT2D eigenvalue weighted by Gasteiger charge is -2.22. The molecule has 0 heterocycles. The zero-order valence-corrected chi connectivity index (χ0v) is 12.0. The molecule has 0 aromatic heterocycles. The molecule has 2 N–H and O–H groups in total. The second kappa shape index (κ2) is 8.02. The fraction of sp³-hybridized carbons (Fsp3) is 0.500.